The van der Waals surface area contributed by atoms with Gasteiger partial charge in [0.15, 0.2) is 12.2 Å². The van der Waals surface area contributed by atoms with Crippen LogP contribution in [0.3, 0.4) is 0 Å². The van der Waals surface area contributed by atoms with E-state index in [1.165, 1.54) is 0 Å². The summed E-state index contributed by atoms with van der Waals surface area (Å²) in [7, 11) is -10.0. The first kappa shape index (κ1) is 104. The third kappa shape index (κ3) is 80.0. The van der Waals surface area contributed by atoms with Crippen molar-refractivity contribution in [1.29, 1.82) is 0 Å². The first-order valence-corrected chi connectivity index (χ1v) is 44.7. The molecule has 5 unspecified atom stereocenters. The van der Waals surface area contributed by atoms with Gasteiger partial charge < -0.3 is 33.8 Å². The normalized spacial score (nSPS) is 14.8. The van der Waals surface area contributed by atoms with E-state index >= 15 is 0 Å². The van der Waals surface area contributed by atoms with Gasteiger partial charge in [-0.15, -0.1) is 0 Å². The highest BCUT2D eigenvalue weighted by Gasteiger charge is 2.30. The van der Waals surface area contributed by atoms with E-state index < -0.39 is 97.5 Å². The maximum Gasteiger partial charge on any atom is 0.472 e. The van der Waals surface area contributed by atoms with E-state index in [4.69, 9.17) is 37.0 Å². The number of carbonyl (C=O) groups is 4. The predicted octanol–water partition coefficient (Wildman–Crippen LogP) is 24.9. The molecule has 0 amide bonds. The summed E-state index contributed by atoms with van der Waals surface area (Å²) in [5.74, 6) is -2.38. The SMILES string of the molecule is CC/C=C\C/C=C\C/C=C\C/C=C\C/C=C\CC(=O)OC(COC(=O)CCCCCCCC/C=C\C/C=C\C/C=C\C/C=C\CC)COP(=O)(O)OCC(O)COP(=O)(O)OCC(COC(=O)CCCCCCCC/C=C\C/C=C\C/C=C\C/C=C\CC)OC(=O)CCCCCCCCC/C=C\C/C=C\C/C=C\CC. The number of phosphoric ester groups is 2. The number of aliphatic hydroxyl groups excluding tert-OH is 1. The number of esters is 4. The quantitative estimate of drug-likeness (QED) is 0.0169. The van der Waals surface area contributed by atoms with Crippen molar-refractivity contribution in [2.45, 2.75) is 316 Å². The van der Waals surface area contributed by atoms with Gasteiger partial charge in [0.05, 0.1) is 32.8 Å². The Morgan fingerprint density at radius 1 is 0.264 bits per heavy atom. The molecule has 0 saturated heterocycles. The number of allylic oxidation sites excluding steroid dienone is 31. The van der Waals surface area contributed by atoms with E-state index in [-0.39, 0.29) is 25.7 Å². The summed E-state index contributed by atoms with van der Waals surface area (Å²) in [6.45, 7) is 4.26. The maximum absolute atomic E-state index is 13.1. The molecule has 5 atom stereocenters. The summed E-state index contributed by atoms with van der Waals surface area (Å²) in [4.78, 5) is 73.2. The summed E-state index contributed by atoms with van der Waals surface area (Å²) in [6.07, 6.45) is 100.0. The van der Waals surface area contributed by atoms with Gasteiger partial charge in [-0.25, -0.2) is 9.13 Å². The van der Waals surface area contributed by atoms with Crippen molar-refractivity contribution in [3.05, 3.63) is 194 Å². The molecule has 19 heteroatoms. The Bertz CT molecular complexity index is 2850. The molecule has 0 heterocycles. The average Bonchev–Trinajstić information content (AvgIpc) is 0.899. The fourth-order valence-electron chi connectivity index (χ4n) is 10.4. The minimum absolute atomic E-state index is 0.0703. The Morgan fingerprint density at radius 3 is 0.764 bits per heavy atom. The van der Waals surface area contributed by atoms with E-state index in [1.54, 1.807) is 12.2 Å². The molecular weight excluding hydrogens is 1430 g/mol. The Labute approximate surface area is 666 Å². The molecule has 0 aromatic carbocycles. The van der Waals surface area contributed by atoms with Gasteiger partial charge in [0, 0.05) is 19.3 Å². The monoisotopic (exact) mass is 1570 g/mol. The Hall–Kier alpha value is -6.10. The molecule has 0 saturated carbocycles. The average molecular weight is 1570 g/mol. The van der Waals surface area contributed by atoms with Crippen molar-refractivity contribution in [3.8, 4) is 0 Å². The highest BCUT2D eigenvalue weighted by molar-refractivity contribution is 7.47. The largest absolute Gasteiger partial charge is 0.472 e. The van der Waals surface area contributed by atoms with Gasteiger partial charge in [-0.2, -0.15) is 0 Å². The second-order valence-electron chi connectivity index (χ2n) is 26.9. The summed E-state index contributed by atoms with van der Waals surface area (Å²) in [6, 6.07) is 0. The van der Waals surface area contributed by atoms with E-state index in [2.05, 4.69) is 198 Å². The topological polar surface area (TPSA) is 237 Å². The summed E-state index contributed by atoms with van der Waals surface area (Å²) in [5, 5.41) is 10.7. The van der Waals surface area contributed by atoms with E-state index in [9.17, 15) is 43.2 Å². The molecule has 0 aromatic rings. The van der Waals surface area contributed by atoms with Gasteiger partial charge in [0.2, 0.25) is 0 Å². The number of rotatable bonds is 76. The Kier molecular flexibility index (Phi) is 76.4. The molecule has 110 heavy (non-hydrogen) atoms. The van der Waals surface area contributed by atoms with Crippen LogP contribution in [0.5, 0.6) is 0 Å². The zero-order chi connectivity index (χ0) is 80.3. The third-order valence-electron chi connectivity index (χ3n) is 16.6. The lowest BCUT2D eigenvalue weighted by molar-refractivity contribution is -0.161. The van der Waals surface area contributed by atoms with Gasteiger partial charge in [-0.05, 0) is 161 Å². The van der Waals surface area contributed by atoms with Crippen LogP contribution in [-0.2, 0) is 65.4 Å². The lowest BCUT2D eigenvalue weighted by atomic mass is 10.1. The molecule has 0 fully saturated rings. The molecule has 0 rings (SSSR count). The molecule has 0 aliphatic rings. The molecule has 17 nitrogen and oxygen atoms in total. The van der Waals surface area contributed by atoms with E-state index in [0.29, 0.717) is 25.7 Å². The Balaban J connectivity index is 5.48. The van der Waals surface area contributed by atoms with Crippen LogP contribution in [0, 0.1) is 0 Å². The first-order chi connectivity index (χ1) is 53.7. The van der Waals surface area contributed by atoms with E-state index in [0.717, 1.165) is 218 Å². The molecule has 0 spiro atoms. The van der Waals surface area contributed by atoms with Crippen LogP contribution in [0.2, 0.25) is 0 Å². The number of ether oxygens (including phenoxy) is 4. The fraction of sp³-hybridized carbons (Fsp3) is 0.604. The fourth-order valence-corrected chi connectivity index (χ4v) is 12.0. The Morgan fingerprint density at radius 2 is 0.482 bits per heavy atom. The highest BCUT2D eigenvalue weighted by Crippen LogP contribution is 2.45. The minimum atomic E-state index is -5.02. The number of hydrogen-bond donors (Lipinski definition) is 3. The predicted molar refractivity (Wildman–Crippen MR) is 454 cm³/mol. The lowest BCUT2D eigenvalue weighted by Crippen LogP contribution is -2.30. The standard InChI is InChI=1S/C91H146O17P2/c1-5-9-13-17-21-25-29-33-37-40-42-45-48-51-55-59-63-67-71-75-88(93)101-81-86(107-90(95)77-73-69-65-61-57-53-47-36-32-28-24-20-16-12-8-4)83-105-109(97,98)103-79-85(92)80-104-110(99,100)106-84-87(108-91(96)78-74-70-66-62-58-54-50-44-39-35-31-27-23-19-15-11-7-3)82-102-89(94)76-72-68-64-60-56-52-49-46-43-41-38-34-30-26-22-18-14-10-6-2/h9-16,21-28,33-39,42-43,45-47,57,61,69,73,85-87,92H,5-8,17-20,29-32,40-41,44,48-56,58-60,62-68,70-72,74-84H2,1-4H3,(H,97,98)(H,99,100)/b13-9-,14-10-,15-11-,16-12-,25-21-,26-22-,27-23-,28-24-,37-33-,38-34-,39-35-,45-42-,46-43-,47-36-,61-57-,73-69-. The van der Waals surface area contributed by atoms with Crippen LogP contribution in [0.25, 0.3) is 0 Å². The van der Waals surface area contributed by atoms with E-state index in [1.807, 2.05) is 12.2 Å². The molecule has 0 aromatic heterocycles. The molecule has 0 aliphatic heterocycles. The molecule has 3 N–H and O–H groups in total. The van der Waals surface area contributed by atoms with Crippen molar-refractivity contribution in [2.24, 2.45) is 0 Å². The van der Waals surface area contributed by atoms with Gasteiger partial charge in [-0.3, -0.25) is 37.3 Å². The highest BCUT2D eigenvalue weighted by atomic mass is 31.2. The lowest BCUT2D eigenvalue weighted by Gasteiger charge is -2.21. The molecule has 0 radical (unpaired) electrons. The van der Waals surface area contributed by atoms with Crippen LogP contribution in [-0.4, -0.2) is 96.7 Å². The summed E-state index contributed by atoms with van der Waals surface area (Å²) in [5.41, 5.74) is 0. The first-order valence-electron chi connectivity index (χ1n) is 41.7. The summed E-state index contributed by atoms with van der Waals surface area (Å²) < 4.78 is 68.6. The van der Waals surface area contributed by atoms with Gasteiger partial charge >= 0.3 is 39.5 Å². The van der Waals surface area contributed by atoms with Crippen molar-refractivity contribution in [1.82, 2.24) is 0 Å². The molecule has 0 aliphatic carbocycles. The van der Waals surface area contributed by atoms with Crippen molar-refractivity contribution in [3.63, 3.8) is 0 Å². The number of phosphoric acid groups is 2. The van der Waals surface area contributed by atoms with Crippen molar-refractivity contribution in [2.75, 3.05) is 39.6 Å². The van der Waals surface area contributed by atoms with Gasteiger partial charge in [-0.1, -0.05) is 306 Å². The molecular formula is C91H146O17P2. The number of hydrogen-bond acceptors (Lipinski definition) is 15. The zero-order valence-corrected chi connectivity index (χ0v) is 69.9. The smallest absolute Gasteiger partial charge is 0.462 e. The van der Waals surface area contributed by atoms with Crippen LogP contribution in [0.15, 0.2) is 194 Å². The third-order valence-corrected chi connectivity index (χ3v) is 18.5. The summed E-state index contributed by atoms with van der Waals surface area (Å²) >= 11 is 0. The van der Waals surface area contributed by atoms with Crippen LogP contribution >= 0.6 is 15.6 Å². The van der Waals surface area contributed by atoms with Crippen LogP contribution in [0.1, 0.15) is 297 Å². The minimum Gasteiger partial charge on any atom is -0.462 e. The number of aliphatic hydroxyl groups is 1. The second-order valence-corrected chi connectivity index (χ2v) is 29.8. The van der Waals surface area contributed by atoms with Gasteiger partial charge in [0.25, 0.3) is 0 Å². The number of unbranched alkanes of at least 4 members (excludes halogenated alkanes) is 19. The molecule has 622 valence electrons. The second kappa shape index (κ2) is 80.9. The number of carbonyl (C=O) groups excluding carboxylic acids is 4. The van der Waals surface area contributed by atoms with Gasteiger partial charge in [0.1, 0.15) is 19.3 Å². The molecule has 0 bridgehead atoms. The zero-order valence-electron chi connectivity index (χ0n) is 68.1. The maximum atomic E-state index is 13.1. The van der Waals surface area contributed by atoms with Crippen LogP contribution < -0.4 is 0 Å². The van der Waals surface area contributed by atoms with Crippen molar-refractivity contribution >= 4 is 39.5 Å². The van der Waals surface area contributed by atoms with Crippen LogP contribution in [0.4, 0.5) is 0 Å². The van der Waals surface area contributed by atoms with Crippen molar-refractivity contribution < 1.29 is 80.2 Å².